The number of sulfonamides is 1. The lowest BCUT2D eigenvalue weighted by atomic mass is 10.1. The first-order valence-electron chi connectivity index (χ1n) is 14.2. The van der Waals surface area contributed by atoms with Gasteiger partial charge in [-0.2, -0.15) is 0 Å². The van der Waals surface area contributed by atoms with Crippen LogP contribution in [0, 0.1) is 6.92 Å². The molecule has 42 heavy (non-hydrogen) atoms. The second kappa shape index (κ2) is 14.1. The molecule has 1 fully saturated rings. The molecule has 0 spiro atoms. The van der Waals surface area contributed by atoms with Crippen molar-refractivity contribution in [2.24, 2.45) is 0 Å². The fraction of sp³-hybridized carbons (Fsp3) is 0.375. The Morgan fingerprint density at radius 1 is 1.00 bits per heavy atom. The molecule has 10 heteroatoms. The number of anilines is 1. The number of halogens is 1. The number of hydrogen-bond acceptors (Lipinski definition) is 5. The van der Waals surface area contributed by atoms with Crippen molar-refractivity contribution in [1.29, 1.82) is 0 Å². The summed E-state index contributed by atoms with van der Waals surface area (Å²) in [6, 6.07) is 19.5. The number of nitrogens with one attached hydrogen (secondary N) is 1. The van der Waals surface area contributed by atoms with Crippen LogP contribution in [0.25, 0.3) is 0 Å². The van der Waals surface area contributed by atoms with E-state index < -0.39 is 28.5 Å². The Hall–Kier alpha value is -3.56. The van der Waals surface area contributed by atoms with Crippen LogP contribution in [-0.4, -0.2) is 50.9 Å². The molecule has 8 nitrogen and oxygen atoms in total. The second-order valence-electron chi connectivity index (χ2n) is 10.5. The van der Waals surface area contributed by atoms with E-state index in [0.717, 1.165) is 35.6 Å². The summed E-state index contributed by atoms with van der Waals surface area (Å²) in [5, 5.41) is 3.51. The molecule has 3 aromatic carbocycles. The van der Waals surface area contributed by atoms with Gasteiger partial charge in [0.2, 0.25) is 11.8 Å². The van der Waals surface area contributed by atoms with Crippen LogP contribution in [0.15, 0.2) is 77.7 Å². The maximum Gasteiger partial charge on any atom is 0.264 e. The normalized spacial score (nSPS) is 14.3. The average molecular weight is 612 g/mol. The molecule has 0 aliphatic heterocycles. The van der Waals surface area contributed by atoms with Crippen LogP contribution in [0.5, 0.6) is 5.75 Å². The minimum Gasteiger partial charge on any atom is -0.497 e. The van der Waals surface area contributed by atoms with Crippen LogP contribution in [0.2, 0.25) is 5.02 Å². The van der Waals surface area contributed by atoms with Gasteiger partial charge in [0.15, 0.2) is 0 Å². The lowest BCUT2D eigenvalue weighted by Gasteiger charge is -2.34. The lowest BCUT2D eigenvalue weighted by Crippen LogP contribution is -2.53. The van der Waals surface area contributed by atoms with Crippen LogP contribution in [0.4, 0.5) is 5.69 Å². The van der Waals surface area contributed by atoms with E-state index in [2.05, 4.69) is 5.32 Å². The zero-order valence-corrected chi connectivity index (χ0v) is 25.8. The van der Waals surface area contributed by atoms with Crippen molar-refractivity contribution in [3.8, 4) is 5.75 Å². The van der Waals surface area contributed by atoms with Crippen molar-refractivity contribution in [2.45, 2.75) is 69.5 Å². The molecule has 0 bridgehead atoms. The highest BCUT2D eigenvalue weighted by Gasteiger charge is 2.35. The zero-order chi connectivity index (χ0) is 30.3. The molecule has 1 unspecified atom stereocenters. The van der Waals surface area contributed by atoms with Crippen LogP contribution in [0.3, 0.4) is 0 Å². The number of hydrogen-bond donors (Lipinski definition) is 1. The molecule has 1 atom stereocenters. The van der Waals surface area contributed by atoms with Gasteiger partial charge < -0.3 is 15.0 Å². The summed E-state index contributed by atoms with van der Waals surface area (Å²) in [7, 11) is -2.59. The number of amides is 2. The van der Waals surface area contributed by atoms with Gasteiger partial charge in [-0.3, -0.25) is 13.9 Å². The molecule has 3 aromatic rings. The Balaban J connectivity index is 1.73. The van der Waals surface area contributed by atoms with Gasteiger partial charge >= 0.3 is 0 Å². The monoisotopic (exact) mass is 611 g/mol. The Morgan fingerprint density at radius 2 is 1.67 bits per heavy atom. The molecule has 1 N–H and O–H groups in total. The quantitative estimate of drug-likeness (QED) is 0.283. The Morgan fingerprint density at radius 3 is 2.29 bits per heavy atom. The van der Waals surface area contributed by atoms with Crippen molar-refractivity contribution in [2.75, 3.05) is 18.0 Å². The van der Waals surface area contributed by atoms with E-state index in [9.17, 15) is 18.0 Å². The van der Waals surface area contributed by atoms with Crippen molar-refractivity contribution < 1.29 is 22.7 Å². The molecular formula is C32H38ClN3O5S. The van der Waals surface area contributed by atoms with E-state index in [4.69, 9.17) is 16.3 Å². The minimum absolute atomic E-state index is 0.0462. The van der Waals surface area contributed by atoms with E-state index in [1.54, 1.807) is 62.6 Å². The van der Waals surface area contributed by atoms with E-state index in [1.165, 1.54) is 17.0 Å². The number of methoxy groups -OCH3 is 1. The van der Waals surface area contributed by atoms with Crippen molar-refractivity contribution in [3.63, 3.8) is 0 Å². The first-order chi connectivity index (χ1) is 20.1. The molecule has 0 heterocycles. The van der Waals surface area contributed by atoms with Crippen LogP contribution < -0.4 is 14.4 Å². The highest BCUT2D eigenvalue weighted by Crippen LogP contribution is 2.31. The Labute approximate surface area is 253 Å². The van der Waals surface area contributed by atoms with E-state index in [1.807, 2.05) is 19.1 Å². The predicted octanol–water partition coefficient (Wildman–Crippen LogP) is 5.72. The Kier molecular flexibility index (Phi) is 10.5. The number of carbonyl (C=O) groups is 2. The molecule has 2 amide bonds. The minimum atomic E-state index is -4.17. The third-order valence-corrected chi connectivity index (χ3v) is 9.90. The van der Waals surface area contributed by atoms with Crippen LogP contribution in [-0.2, 0) is 26.2 Å². The third kappa shape index (κ3) is 7.25. The largest absolute Gasteiger partial charge is 0.497 e. The van der Waals surface area contributed by atoms with Gasteiger partial charge in [0.05, 0.1) is 17.7 Å². The fourth-order valence-corrected chi connectivity index (χ4v) is 6.98. The number of carbonyl (C=O) groups excluding carboxylic acids is 2. The standard InChI is InChI=1S/C32H38ClN3O5S/c1-4-29(32(38)34-25-11-8-9-12-25)35(21-24-17-19-26(41-3)20-18-24)31(37)22-36(30-16-10-15-28(33)23(30)2)42(39,40)27-13-6-5-7-14-27/h5-7,10,13-20,25,29H,4,8-9,11-12,21-22H2,1-3H3,(H,34,38). The maximum atomic E-state index is 14.3. The molecular weight excluding hydrogens is 574 g/mol. The van der Waals surface area contributed by atoms with Gasteiger partial charge in [-0.1, -0.05) is 67.8 Å². The van der Waals surface area contributed by atoms with Gasteiger partial charge in [-0.05, 0) is 73.7 Å². The number of rotatable bonds is 12. The van der Waals surface area contributed by atoms with Gasteiger partial charge in [0, 0.05) is 17.6 Å². The molecule has 0 aromatic heterocycles. The molecule has 0 saturated heterocycles. The van der Waals surface area contributed by atoms with E-state index >= 15 is 0 Å². The number of benzene rings is 3. The van der Waals surface area contributed by atoms with Gasteiger partial charge in [-0.15, -0.1) is 0 Å². The molecule has 1 aliphatic carbocycles. The lowest BCUT2D eigenvalue weighted by molar-refractivity contribution is -0.140. The summed E-state index contributed by atoms with van der Waals surface area (Å²) >= 11 is 6.40. The average Bonchev–Trinajstić information content (AvgIpc) is 3.51. The van der Waals surface area contributed by atoms with Gasteiger partial charge in [-0.25, -0.2) is 8.42 Å². The van der Waals surface area contributed by atoms with Crippen molar-refractivity contribution >= 4 is 39.1 Å². The summed E-state index contributed by atoms with van der Waals surface area (Å²) in [5.74, 6) is -0.0695. The Bertz CT molecular complexity index is 1480. The maximum absolute atomic E-state index is 14.3. The summed E-state index contributed by atoms with van der Waals surface area (Å²) in [5.41, 5.74) is 1.61. The van der Waals surface area contributed by atoms with E-state index in [0.29, 0.717) is 28.4 Å². The highest BCUT2D eigenvalue weighted by molar-refractivity contribution is 7.92. The molecule has 0 radical (unpaired) electrons. The summed E-state index contributed by atoms with van der Waals surface area (Å²) in [6.45, 7) is 3.18. The summed E-state index contributed by atoms with van der Waals surface area (Å²) in [4.78, 5) is 29.4. The van der Waals surface area contributed by atoms with Crippen LogP contribution >= 0.6 is 11.6 Å². The second-order valence-corrected chi connectivity index (χ2v) is 12.8. The SMILES string of the molecule is CCC(C(=O)NC1CCCC1)N(Cc1ccc(OC)cc1)C(=O)CN(c1cccc(Cl)c1C)S(=O)(=O)c1ccccc1. The third-order valence-electron chi connectivity index (χ3n) is 7.72. The molecule has 224 valence electrons. The first-order valence-corrected chi connectivity index (χ1v) is 16.0. The molecule has 1 saturated carbocycles. The molecule has 1 aliphatic rings. The fourth-order valence-electron chi connectivity index (χ4n) is 5.31. The number of nitrogens with zero attached hydrogens (tertiary/aromatic N) is 2. The topological polar surface area (TPSA) is 96.0 Å². The van der Waals surface area contributed by atoms with E-state index in [-0.39, 0.29) is 23.4 Å². The van der Waals surface area contributed by atoms with Crippen LogP contribution in [0.1, 0.15) is 50.2 Å². The highest BCUT2D eigenvalue weighted by atomic mass is 35.5. The molecule has 4 rings (SSSR count). The number of ether oxygens (including phenoxy) is 1. The van der Waals surface area contributed by atoms with Crippen molar-refractivity contribution in [1.82, 2.24) is 10.2 Å². The smallest absolute Gasteiger partial charge is 0.264 e. The summed E-state index contributed by atoms with van der Waals surface area (Å²) < 4.78 is 34.4. The van der Waals surface area contributed by atoms with Gasteiger partial charge in [0.25, 0.3) is 10.0 Å². The summed E-state index contributed by atoms with van der Waals surface area (Å²) in [6.07, 6.45) is 4.29. The first kappa shape index (κ1) is 31.4. The van der Waals surface area contributed by atoms with Crippen molar-refractivity contribution in [3.05, 3.63) is 88.9 Å². The zero-order valence-electron chi connectivity index (χ0n) is 24.3. The van der Waals surface area contributed by atoms with Gasteiger partial charge in [0.1, 0.15) is 18.3 Å². The predicted molar refractivity (Wildman–Crippen MR) is 165 cm³/mol.